The zero-order chi connectivity index (χ0) is 12.3. The summed E-state index contributed by atoms with van der Waals surface area (Å²) in [5.41, 5.74) is 2.33. The molecule has 0 amide bonds. The fourth-order valence-corrected chi connectivity index (χ4v) is 1.53. The van der Waals surface area contributed by atoms with E-state index in [0.717, 1.165) is 11.1 Å². The van der Waals surface area contributed by atoms with E-state index in [9.17, 15) is 5.11 Å². The Kier molecular flexibility index (Phi) is 3.40. The zero-order valence-electron chi connectivity index (χ0n) is 9.26. The number of aryl methyl sites for hydroxylation is 1. The van der Waals surface area contributed by atoms with Gasteiger partial charge in [-0.2, -0.15) is 0 Å². The molecule has 0 spiro atoms. The van der Waals surface area contributed by atoms with Gasteiger partial charge in [0.15, 0.2) is 0 Å². The minimum atomic E-state index is 0.150. The summed E-state index contributed by atoms with van der Waals surface area (Å²) in [6.45, 7) is 1.94. The van der Waals surface area contributed by atoms with E-state index >= 15 is 0 Å². The molecule has 2 aromatic rings. The molecule has 17 heavy (non-hydrogen) atoms. The van der Waals surface area contributed by atoms with Gasteiger partial charge in [0, 0.05) is 24.2 Å². The lowest BCUT2D eigenvalue weighted by Crippen LogP contribution is -1.83. The third kappa shape index (κ3) is 2.82. The molecule has 4 heteroatoms. The number of phenolic OH excluding ortho intramolecular Hbond substituents is 1. The molecule has 1 aromatic carbocycles. The highest BCUT2D eigenvalue weighted by molar-refractivity contribution is 6.32. The van der Waals surface area contributed by atoms with Gasteiger partial charge in [-0.05, 0) is 30.7 Å². The summed E-state index contributed by atoms with van der Waals surface area (Å²) in [5, 5.41) is 10.2. The van der Waals surface area contributed by atoms with Crippen LogP contribution in [-0.4, -0.2) is 16.3 Å². The summed E-state index contributed by atoms with van der Waals surface area (Å²) in [5.74, 6) is 0.150. The molecule has 0 bridgehead atoms. The summed E-state index contributed by atoms with van der Waals surface area (Å²) in [6, 6.07) is 7.02. The minimum absolute atomic E-state index is 0.150. The van der Waals surface area contributed by atoms with Crippen molar-refractivity contribution in [2.24, 2.45) is 4.99 Å². The van der Waals surface area contributed by atoms with Crippen LogP contribution in [0.5, 0.6) is 5.75 Å². The average Bonchev–Trinajstić information content (AvgIpc) is 2.32. The van der Waals surface area contributed by atoms with Crippen molar-refractivity contribution in [3.05, 3.63) is 52.8 Å². The molecule has 3 nitrogen and oxygen atoms in total. The lowest BCUT2D eigenvalue weighted by Gasteiger charge is -2.00. The molecule has 1 N–H and O–H groups in total. The van der Waals surface area contributed by atoms with Gasteiger partial charge in [0.1, 0.15) is 11.4 Å². The molecule has 0 fully saturated rings. The maximum absolute atomic E-state index is 9.62. The van der Waals surface area contributed by atoms with E-state index in [1.165, 1.54) is 0 Å². The minimum Gasteiger partial charge on any atom is -0.506 e. The van der Waals surface area contributed by atoms with Gasteiger partial charge in [-0.3, -0.25) is 9.98 Å². The normalized spacial score (nSPS) is 10.9. The van der Waals surface area contributed by atoms with Crippen LogP contribution in [0.25, 0.3) is 0 Å². The van der Waals surface area contributed by atoms with Crippen LogP contribution in [0, 0.1) is 6.92 Å². The van der Waals surface area contributed by atoms with E-state index in [4.69, 9.17) is 11.6 Å². The van der Waals surface area contributed by atoms with Crippen molar-refractivity contribution in [2.45, 2.75) is 6.92 Å². The first-order valence-corrected chi connectivity index (χ1v) is 5.48. The lowest BCUT2D eigenvalue weighted by molar-refractivity contribution is 0.477. The van der Waals surface area contributed by atoms with Gasteiger partial charge in [-0.1, -0.05) is 17.7 Å². The fourth-order valence-electron chi connectivity index (χ4n) is 1.37. The number of halogens is 1. The Labute approximate surface area is 104 Å². The van der Waals surface area contributed by atoms with E-state index in [-0.39, 0.29) is 5.75 Å². The molecule has 0 atom stereocenters. The molecule has 0 aliphatic rings. The van der Waals surface area contributed by atoms with Crippen LogP contribution in [0.1, 0.15) is 11.1 Å². The van der Waals surface area contributed by atoms with Crippen LogP contribution in [0.4, 0.5) is 5.69 Å². The van der Waals surface area contributed by atoms with Crippen LogP contribution >= 0.6 is 11.6 Å². The first-order valence-electron chi connectivity index (χ1n) is 5.10. The number of aromatic nitrogens is 1. The third-order valence-electron chi connectivity index (χ3n) is 2.28. The quantitative estimate of drug-likeness (QED) is 0.825. The average molecular weight is 247 g/mol. The number of benzene rings is 1. The van der Waals surface area contributed by atoms with Crippen molar-refractivity contribution >= 4 is 23.5 Å². The lowest BCUT2D eigenvalue weighted by atomic mass is 10.2. The molecule has 0 aliphatic carbocycles. The predicted molar refractivity (Wildman–Crippen MR) is 69.3 cm³/mol. The number of hydrogen-bond donors (Lipinski definition) is 1. The van der Waals surface area contributed by atoms with Crippen LogP contribution < -0.4 is 0 Å². The molecule has 0 saturated carbocycles. The van der Waals surface area contributed by atoms with Gasteiger partial charge < -0.3 is 5.11 Å². The third-order valence-corrected chi connectivity index (χ3v) is 2.59. The number of phenols is 1. The van der Waals surface area contributed by atoms with Gasteiger partial charge in [0.05, 0.1) is 5.02 Å². The number of aromatic hydroxyl groups is 1. The Morgan fingerprint density at radius 2 is 2.18 bits per heavy atom. The van der Waals surface area contributed by atoms with Gasteiger partial charge >= 0.3 is 0 Å². The van der Waals surface area contributed by atoms with Crippen LogP contribution in [0.2, 0.25) is 5.02 Å². The molecule has 2 rings (SSSR count). The van der Waals surface area contributed by atoms with E-state index in [0.29, 0.717) is 10.7 Å². The molecule has 1 aromatic heterocycles. The summed E-state index contributed by atoms with van der Waals surface area (Å²) < 4.78 is 0. The highest BCUT2D eigenvalue weighted by Crippen LogP contribution is 2.27. The Bertz CT molecular complexity index is 567. The second-order valence-corrected chi connectivity index (χ2v) is 4.05. The van der Waals surface area contributed by atoms with Crippen molar-refractivity contribution in [3.8, 4) is 5.75 Å². The molecule has 0 radical (unpaired) electrons. The van der Waals surface area contributed by atoms with E-state index in [1.807, 2.05) is 13.0 Å². The first kappa shape index (κ1) is 11.6. The summed E-state index contributed by atoms with van der Waals surface area (Å²) in [4.78, 5) is 8.10. The number of nitrogens with zero attached hydrogens (tertiary/aromatic N) is 2. The van der Waals surface area contributed by atoms with Crippen LogP contribution in [-0.2, 0) is 0 Å². The highest BCUT2D eigenvalue weighted by atomic mass is 35.5. The van der Waals surface area contributed by atoms with Gasteiger partial charge in [0.2, 0.25) is 0 Å². The Balaban J connectivity index is 2.32. The maximum atomic E-state index is 9.62. The number of hydrogen-bond acceptors (Lipinski definition) is 3. The van der Waals surface area contributed by atoms with Crippen molar-refractivity contribution in [2.75, 3.05) is 0 Å². The summed E-state index contributed by atoms with van der Waals surface area (Å²) in [6.07, 6.45) is 4.81. The summed E-state index contributed by atoms with van der Waals surface area (Å²) in [7, 11) is 0. The highest BCUT2D eigenvalue weighted by Gasteiger charge is 1.99. The van der Waals surface area contributed by atoms with E-state index in [1.54, 1.807) is 36.8 Å². The maximum Gasteiger partial charge on any atom is 0.141 e. The Hall–Kier alpha value is -1.87. The molecule has 1 heterocycles. The largest absolute Gasteiger partial charge is 0.506 e. The first-order chi connectivity index (χ1) is 8.16. The standard InChI is InChI=1S/C13H11ClN2O/c1-9-2-3-13(17)12(6-9)16-7-10-4-5-15-8-11(10)14/h2-8,17H,1H3/b16-7+. The van der Waals surface area contributed by atoms with Crippen LogP contribution in [0.15, 0.2) is 41.7 Å². The zero-order valence-corrected chi connectivity index (χ0v) is 10.0. The topological polar surface area (TPSA) is 45.5 Å². The van der Waals surface area contributed by atoms with Crippen LogP contribution in [0.3, 0.4) is 0 Å². The van der Waals surface area contributed by atoms with E-state index < -0.39 is 0 Å². The van der Waals surface area contributed by atoms with Crippen molar-refractivity contribution in [1.82, 2.24) is 4.98 Å². The molecule has 86 valence electrons. The monoisotopic (exact) mass is 246 g/mol. The molecular weight excluding hydrogens is 236 g/mol. The Morgan fingerprint density at radius 3 is 2.94 bits per heavy atom. The Morgan fingerprint density at radius 1 is 1.35 bits per heavy atom. The van der Waals surface area contributed by atoms with Gasteiger partial charge in [0.25, 0.3) is 0 Å². The second-order valence-electron chi connectivity index (χ2n) is 3.65. The van der Waals surface area contributed by atoms with Gasteiger partial charge in [-0.15, -0.1) is 0 Å². The van der Waals surface area contributed by atoms with Crippen molar-refractivity contribution in [1.29, 1.82) is 0 Å². The molecule has 0 unspecified atom stereocenters. The van der Waals surface area contributed by atoms with Crippen molar-refractivity contribution in [3.63, 3.8) is 0 Å². The molecular formula is C13H11ClN2O. The van der Waals surface area contributed by atoms with Crippen molar-refractivity contribution < 1.29 is 5.11 Å². The SMILES string of the molecule is Cc1ccc(O)c(/N=C/c2ccncc2Cl)c1. The van der Waals surface area contributed by atoms with E-state index in [2.05, 4.69) is 9.98 Å². The molecule has 0 aliphatic heterocycles. The molecule has 0 saturated heterocycles. The number of pyridine rings is 1. The second kappa shape index (κ2) is 4.97. The summed E-state index contributed by atoms with van der Waals surface area (Å²) >= 11 is 5.95. The smallest absolute Gasteiger partial charge is 0.141 e. The number of rotatable bonds is 2. The predicted octanol–water partition coefficient (Wildman–Crippen LogP) is 3.50. The fraction of sp³-hybridized carbons (Fsp3) is 0.0769. The van der Waals surface area contributed by atoms with Gasteiger partial charge in [-0.25, -0.2) is 0 Å². The number of aliphatic imine (C=N–C) groups is 1.